The molecule has 2 aromatic carbocycles. The monoisotopic (exact) mass is 393 g/mol. The Balaban J connectivity index is 2.07. The van der Waals surface area contributed by atoms with Crippen molar-refractivity contribution in [3.05, 3.63) is 70.8 Å². The Labute approximate surface area is 171 Å². The van der Waals surface area contributed by atoms with Crippen molar-refractivity contribution in [1.82, 2.24) is 4.90 Å². The summed E-state index contributed by atoms with van der Waals surface area (Å²) >= 11 is 0. The number of nitrogens with zero attached hydrogens (tertiary/aromatic N) is 1. The SMILES string of the molecule is Cc1cccc(C(=O)C2C(=O)C(=O)N(CC(C)O)C2c2ccc(C(C)C)cc2)c1. The lowest BCUT2D eigenvalue weighted by molar-refractivity contribution is -0.141. The van der Waals surface area contributed by atoms with E-state index in [1.807, 2.05) is 37.3 Å². The highest BCUT2D eigenvalue weighted by Gasteiger charge is 2.51. The topological polar surface area (TPSA) is 74.7 Å². The van der Waals surface area contributed by atoms with Crippen molar-refractivity contribution in [3.63, 3.8) is 0 Å². The Morgan fingerprint density at radius 2 is 1.72 bits per heavy atom. The van der Waals surface area contributed by atoms with Crippen LogP contribution in [0.1, 0.15) is 59.8 Å². The highest BCUT2D eigenvalue weighted by molar-refractivity contribution is 6.44. The van der Waals surface area contributed by atoms with E-state index in [9.17, 15) is 19.5 Å². The van der Waals surface area contributed by atoms with Crippen LogP contribution in [0.4, 0.5) is 0 Å². The number of aliphatic hydroxyl groups is 1. The Morgan fingerprint density at radius 3 is 2.28 bits per heavy atom. The number of hydrogen-bond donors (Lipinski definition) is 1. The summed E-state index contributed by atoms with van der Waals surface area (Å²) < 4.78 is 0. The van der Waals surface area contributed by atoms with Gasteiger partial charge in [-0.15, -0.1) is 0 Å². The fourth-order valence-corrected chi connectivity index (χ4v) is 3.90. The van der Waals surface area contributed by atoms with E-state index in [2.05, 4.69) is 13.8 Å². The molecule has 0 spiro atoms. The van der Waals surface area contributed by atoms with Gasteiger partial charge in [0.2, 0.25) is 5.78 Å². The number of β-amino-alcohol motifs (C(OH)–C–C–N with tert-alkyl or cyclic N) is 1. The van der Waals surface area contributed by atoms with E-state index in [-0.39, 0.29) is 12.3 Å². The van der Waals surface area contributed by atoms with Crippen molar-refractivity contribution in [2.24, 2.45) is 5.92 Å². The average Bonchev–Trinajstić information content (AvgIpc) is 2.92. The zero-order valence-corrected chi connectivity index (χ0v) is 17.3. The molecule has 0 radical (unpaired) electrons. The molecule has 1 aliphatic rings. The molecule has 3 atom stereocenters. The minimum absolute atomic E-state index is 0.00122. The molecule has 0 bridgehead atoms. The first-order valence-electron chi connectivity index (χ1n) is 9.94. The lowest BCUT2D eigenvalue weighted by Gasteiger charge is -2.28. The number of likely N-dealkylation sites (tertiary alicyclic amines) is 1. The molecule has 0 aromatic heterocycles. The summed E-state index contributed by atoms with van der Waals surface area (Å²) in [5.74, 6) is -2.56. The van der Waals surface area contributed by atoms with Crippen molar-refractivity contribution in [2.75, 3.05) is 6.54 Å². The van der Waals surface area contributed by atoms with Gasteiger partial charge < -0.3 is 10.0 Å². The summed E-state index contributed by atoms with van der Waals surface area (Å²) in [6, 6.07) is 14.0. The van der Waals surface area contributed by atoms with Crippen LogP contribution in [0.5, 0.6) is 0 Å². The van der Waals surface area contributed by atoms with Crippen LogP contribution < -0.4 is 0 Å². The number of aryl methyl sites for hydroxylation is 1. The maximum Gasteiger partial charge on any atom is 0.291 e. The third-order valence-electron chi connectivity index (χ3n) is 5.40. The van der Waals surface area contributed by atoms with Crippen LogP contribution in [-0.4, -0.2) is 40.1 Å². The van der Waals surface area contributed by atoms with Crippen molar-refractivity contribution in [3.8, 4) is 0 Å². The second-order valence-electron chi connectivity index (χ2n) is 8.15. The zero-order valence-electron chi connectivity index (χ0n) is 17.3. The fourth-order valence-electron chi connectivity index (χ4n) is 3.90. The summed E-state index contributed by atoms with van der Waals surface area (Å²) in [5, 5.41) is 9.89. The predicted molar refractivity (Wildman–Crippen MR) is 111 cm³/mol. The second kappa shape index (κ2) is 8.29. The number of ketones is 2. The van der Waals surface area contributed by atoms with E-state index in [1.54, 1.807) is 25.1 Å². The molecule has 1 aliphatic heterocycles. The second-order valence-corrected chi connectivity index (χ2v) is 8.15. The molecule has 152 valence electrons. The number of carbonyl (C=O) groups is 3. The molecule has 0 aliphatic carbocycles. The van der Waals surface area contributed by atoms with Crippen LogP contribution in [0.2, 0.25) is 0 Å². The minimum atomic E-state index is -1.12. The number of rotatable bonds is 6. The molecule has 0 saturated carbocycles. The van der Waals surface area contributed by atoms with Gasteiger partial charge >= 0.3 is 0 Å². The molecule has 1 amide bonds. The van der Waals surface area contributed by atoms with Gasteiger partial charge in [0, 0.05) is 12.1 Å². The van der Waals surface area contributed by atoms with Crippen LogP contribution in [0.15, 0.2) is 48.5 Å². The minimum Gasteiger partial charge on any atom is -0.392 e. The summed E-state index contributed by atoms with van der Waals surface area (Å²) in [5.41, 5.74) is 3.18. The summed E-state index contributed by atoms with van der Waals surface area (Å²) in [6.07, 6.45) is -0.808. The third kappa shape index (κ3) is 4.15. The Kier molecular flexibility index (Phi) is 5.99. The number of benzene rings is 2. The molecule has 29 heavy (non-hydrogen) atoms. The highest BCUT2D eigenvalue weighted by atomic mass is 16.3. The number of amides is 1. The Hall–Kier alpha value is -2.79. The molecule has 3 rings (SSSR count). The van der Waals surface area contributed by atoms with Crippen molar-refractivity contribution in [2.45, 2.75) is 45.8 Å². The molecule has 1 N–H and O–H groups in total. The van der Waals surface area contributed by atoms with Gasteiger partial charge in [0.05, 0.1) is 12.1 Å². The normalized spacial score (nSPS) is 20.4. The maximum absolute atomic E-state index is 13.3. The lowest BCUT2D eigenvalue weighted by atomic mass is 9.85. The molecule has 2 aromatic rings. The Morgan fingerprint density at radius 1 is 1.07 bits per heavy atom. The fraction of sp³-hybridized carbons (Fsp3) is 0.375. The van der Waals surface area contributed by atoms with Crippen molar-refractivity contribution >= 4 is 17.5 Å². The number of carbonyl (C=O) groups excluding carboxylic acids is 3. The zero-order chi connectivity index (χ0) is 21.3. The van der Waals surface area contributed by atoms with E-state index in [4.69, 9.17) is 0 Å². The van der Waals surface area contributed by atoms with Crippen LogP contribution in [0.25, 0.3) is 0 Å². The van der Waals surface area contributed by atoms with E-state index >= 15 is 0 Å². The van der Waals surface area contributed by atoms with Crippen molar-refractivity contribution < 1.29 is 19.5 Å². The first-order valence-corrected chi connectivity index (χ1v) is 9.94. The van der Waals surface area contributed by atoms with Gasteiger partial charge in [-0.2, -0.15) is 0 Å². The first kappa shape index (κ1) is 20.9. The van der Waals surface area contributed by atoms with E-state index in [1.165, 1.54) is 4.90 Å². The largest absolute Gasteiger partial charge is 0.392 e. The molecule has 3 unspecified atom stereocenters. The van der Waals surface area contributed by atoms with E-state index in [0.29, 0.717) is 11.5 Å². The van der Waals surface area contributed by atoms with Crippen LogP contribution in [0, 0.1) is 12.8 Å². The van der Waals surface area contributed by atoms with Gasteiger partial charge in [-0.25, -0.2) is 0 Å². The smallest absolute Gasteiger partial charge is 0.291 e. The number of Topliss-reactive ketones (excluding diaryl/α,β-unsaturated/α-hetero) is 2. The molecule has 1 saturated heterocycles. The molecule has 5 nitrogen and oxygen atoms in total. The van der Waals surface area contributed by atoms with E-state index < -0.39 is 29.8 Å². The molecular formula is C24H27NO4. The van der Waals surface area contributed by atoms with Crippen molar-refractivity contribution in [1.29, 1.82) is 0 Å². The predicted octanol–water partition coefficient (Wildman–Crippen LogP) is 3.45. The molecular weight excluding hydrogens is 366 g/mol. The third-order valence-corrected chi connectivity index (χ3v) is 5.40. The lowest BCUT2D eigenvalue weighted by Crippen LogP contribution is -2.36. The quantitative estimate of drug-likeness (QED) is 0.463. The summed E-state index contributed by atoms with van der Waals surface area (Å²) in [7, 11) is 0. The number of aliphatic hydroxyl groups excluding tert-OH is 1. The summed E-state index contributed by atoms with van der Waals surface area (Å²) in [4.78, 5) is 40.2. The Bertz CT molecular complexity index is 930. The molecule has 5 heteroatoms. The van der Waals surface area contributed by atoms with Crippen LogP contribution in [-0.2, 0) is 9.59 Å². The standard InChI is InChI=1S/C24H27NO4/c1-14(2)17-8-10-18(11-9-17)21-20(22(27)19-7-5-6-15(3)12-19)23(28)24(29)25(21)13-16(4)26/h5-12,14,16,20-21,26H,13H2,1-4H3. The summed E-state index contributed by atoms with van der Waals surface area (Å²) in [6.45, 7) is 7.61. The molecule has 1 heterocycles. The van der Waals surface area contributed by atoms with E-state index in [0.717, 1.165) is 16.7 Å². The average molecular weight is 393 g/mol. The van der Waals surface area contributed by atoms with Gasteiger partial charge in [0.15, 0.2) is 5.78 Å². The molecule has 1 fully saturated rings. The van der Waals surface area contributed by atoms with Gasteiger partial charge in [0.25, 0.3) is 5.91 Å². The van der Waals surface area contributed by atoms with Gasteiger partial charge in [0.1, 0.15) is 5.92 Å². The first-order chi connectivity index (χ1) is 13.7. The van der Waals surface area contributed by atoms with Crippen LogP contribution in [0.3, 0.4) is 0 Å². The van der Waals surface area contributed by atoms with Crippen LogP contribution >= 0.6 is 0 Å². The maximum atomic E-state index is 13.3. The van der Waals surface area contributed by atoms with Gasteiger partial charge in [-0.1, -0.05) is 61.9 Å². The highest BCUT2D eigenvalue weighted by Crippen LogP contribution is 2.38. The number of hydrogen-bond acceptors (Lipinski definition) is 4. The van der Waals surface area contributed by atoms with Gasteiger partial charge in [-0.05, 0) is 37.0 Å². The van der Waals surface area contributed by atoms with Gasteiger partial charge in [-0.3, -0.25) is 14.4 Å².